The minimum absolute atomic E-state index is 0.229. The quantitative estimate of drug-likeness (QED) is 0.825. The molecule has 0 atom stereocenters. The zero-order valence-corrected chi connectivity index (χ0v) is 11.1. The van der Waals surface area contributed by atoms with Gasteiger partial charge < -0.3 is 5.32 Å². The van der Waals surface area contributed by atoms with Crippen LogP contribution in [0.3, 0.4) is 0 Å². The van der Waals surface area contributed by atoms with E-state index in [4.69, 9.17) is 0 Å². The maximum absolute atomic E-state index is 11.6. The zero-order chi connectivity index (χ0) is 11.9. The standard InChI is InChI=1S/C14H21NOS/c16-14(6-5-12-3-1-2-4-12)15-9-7-13-8-10-17-11-13/h8,10-12H,1-7,9H2,(H,15,16). The molecule has 1 saturated carbocycles. The molecular formula is C14H21NOS. The van der Waals surface area contributed by atoms with Crippen LogP contribution in [0.5, 0.6) is 0 Å². The Labute approximate surface area is 107 Å². The van der Waals surface area contributed by atoms with Gasteiger partial charge in [0.15, 0.2) is 0 Å². The minimum atomic E-state index is 0.229. The lowest BCUT2D eigenvalue weighted by molar-refractivity contribution is -0.121. The molecule has 1 aromatic heterocycles. The van der Waals surface area contributed by atoms with Crippen molar-refractivity contribution in [2.75, 3.05) is 6.54 Å². The molecule has 17 heavy (non-hydrogen) atoms. The summed E-state index contributed by atoms with van der Waals surface area (Å²) in [6.45, 7) is 0.778. The lowest BCUT2D eigenvalue weighted by Gasteiger charge is -2.08. The lowest BCUT2D eigenvalue weighted by atomic mass is 10.0. The van der Waals surface area contributed by atoms with Crippen molar-refractivity contribution in [2.45, 2.75) is 44.9 Å². The van der Waals surface area contributed by atoms with Crippen LogP contribution >= 0.6 is 11.3 Å². The molecule has 0 spiro atoms. The summed E-state index contributed by atoms with van der Waals surface area (Å²) in [5.41, 5.74) is 1.33. The first-order valence-corrected chi connectivity index (χ1v) is 7.56. The second-order valence-corrected chi connectivity index (χ2v) is 5.70. The van der Waals surface area contributed by atoms with Crippen LogP contribution in [0.25, 0.3) is 0 Å². The van der Waals surface area contributed by atoms with Gasteiger partial charge in [-0.15, -0.1) is 0 Å². The molecular weight excluding hydrogens is 230 g/mol. The van der Waals surface area contributed by atoms with Crippen LogP contribution < -0.4 is 5.32 Å². The fourth-order valence-corrected chi connectivity index (χ4v) is 3.21. The summed E-state index contributed by atoms with van der Waals surface area (Å²) in [6.07, 6.45) is 8.16. The number of nitrogens with one attached hydrogen (secondary N) is 1. The molecule has 3 heteroatoms. The van der Waals surface area contributed by atoms with E-state index in [2.05, 4.69) is 22.1 Å². The second kappa shape index (κ2) is 6.80. The molecule has 1 heterocycles. The van der Waals surface area contributed by atoms with Gasteiger partial charge in [-0.3, -0.25) is 4.79 Å². The van der Waals surface area contributed by atoms with Crippen LogP contribution in [0.1, 0.15) is 44.1 Å². The van der Waals surface area contributed by atoms with E-state index in [1.807, 2.05) is 0 Å². The first kappa shape index (κ1) is 12.6. The number of hydrogen-bond donors (Lipinski definition) is 1. The molecule has 1 aliphatic carbocycles. The predicted octanol–water partition coefficient (Wildman–Crippen LogP) is 3.38. The molecule has 0 aliphatic heterocycles. The maximum atomic E-state index is 11.6. The van der Waals surface area contributed by atoms with Gasteiger partial charge in [-0.2, -0.15) is 11.3 Å². The third-order valence-electron chi connectivity index (χ3n) is 3.57. The Morgan fingerprint density at radius 1 is 1.41 bits per heavy atom. The number of hydrogen-bond acceptors (Lipinski definition) is 2. The molecule has 1 aromatic rings. The van der Waals surface area contributed by atoms with Gasteiger partial charge in [0.25, 0.3) is 0 Å². The van der Waals surface area contributed by atoms with Gasteiger partial charge in [0, 0.05) is 13.0 Å². The van der Waals surface area contributed by atoms with Crippen LogP contribution in [0.15, 0.2) is 16.8 Å². The number of carbonyl (C=O) groups excluding carboxylic acids is 1. The highest BCUT2D eigenvalue weighted by molar-refractivity contribution is 7.07. The number of thiophene rings is 1. The molecule has 1 amide bonds. The fraction of sp³-hybridized carbons (Fsp3) is 0.643. The van der Waals surface area contributed by atoms with Crippen LogP contribution in [0.4, 0.5) is 0 Å². The van der Waals surface area contributed by atoms with E-state index < -0.39 is 0 Å². The SMILES string of the molecule is O=C(CCC1CCCC1)NCCc1ccsc1. The summed E-state index contributed by atoms with van der Waals surface area (Å²) in [6, 6.07) is 2.12. The summed E-state index contributed by atoms with van der Waals surface area (Å²) < 4.78 is 0. The van der Waals surface area contributed by atoms with Gasteiger partial charge >= 0.3 is 0 Å². The highest BCUT2D eigenvalue weighted by Crippen LogP contribution is 2.28. The van der Waals surface area contributed by atoms with Crippen molar-refractivity contribution in [1.29, 1.82) is 0 Å². The highest BCUT2D eigenvalue weighted by Gasteiger charge is 2.15. The monoisotopic (exact) mass is 251 g/mol. The Balaban J connectivity index is 1.54. The van der Waals surface area contributed by atoms with Gasteiger partial charge in [0.2, 0.25) is 5.91 Å². The molecule has 2 nitrogen and oxygen atoms in total. The lowest BCUT2D eigenvalue weighted by Crippen LogP contribution is -2.25. The van der Waals surface area contributed by atoms with E-state index in [0.29, 0.717) is 6.42 Å². The van der Waals surface area contributed by atoms with Gasteiger partial charge in [0.05, 0.1) is 0 Å². The van der Waals surface area contributed by atoms with Gasteiger partial charge in [-0.25, -0.2) is 0 Å². The smallest absolute Gasteiger partial charge is 0.220 e. The van der Waals surface area contributed by atoms with Crippen LogP contribution in [0.2, 0.25) is 0 Å². The number of rotatable bonds is 6. The average Bonchev–Trinajstić information content (AvgIpc) is 2.99. The third kappa shape index (κ3) is 4.50. The topological polar surface area (TPSA) is 29.1 Å². The summed E-state index contributed by atoms with van der Waals surface area (Å²) in [5.74, 6) is 1.05. The molecule has 0 unspecified atom stereocenters. The first-order chi connectivity index (χ1) is 8.34. The Hall–Kier alpha value is -0.830. The molecule has 1 fully saturated rings. The Kier molecular flexibility index (Phi) is 5.05. The van der Waals surface area contributed by atoms with E-state index in [1.54, 1.807) is 11.3 Å². The van der Waals surface area contributed by atoms with E-state index in [9.17, 15) is 4.79 Å². The van der Waals surface area contributed by atoms with Crippen LogP contribution in [-0.4, -0.2) is 12.5 Å². The van der Waals surface area contributed by atoms with Gasteiger partial charge in [-0.05, 0) is 41.1 Å². The summed E-state index contributed by atoms with van der Waals surface area (Å²) >= 11 is 1.71. The van der Waals surface area contributed by atoms with Crippen molar-refractivity contribution >= 4 is 17.2 Å². The van der Waals surface area contributed by atoms with E-state index in [-0.39, 0.29) is 5.91 Å². The number of carbonyl (C=O) groups is 1. The number of amides is 1. The van der Waals surface area contributed by atoms with Gasteiger partial charge in [0.1, 0.15) is 0 Å². The molecule has 0 saturated heterocycles. The minimum Gasteiger partial charge on any atom is -0.356 e. The van der Waals surface area contributed by atoms with Crippen LogP contribution in [0, 0.1) is 5.92 Å². The fourth-order valence-electron chi connectivity index (χ4n) is 2.50. The summed E-state index contributed by atoms with van der Waals surface area (Å²) in [4.78, 5) is 11.6. The van der Waals surface area contributed by atoms with Crippen molar-refractivity contribution in [2.24, 2.45) is 5.92 Å². The maximum Gasteiger partial charge on any atom is 0.220 e. The Morgan fingerprint density at radius 2 is 2.24 bits per heavy atom. The zero-order valence-electron chi connectivity index (χ0n) is 10.3. The average molecular weight is 251 g/mol. The molecule has 0 bridgehead atoms. The molecule has 0 aromatic carbocycles. The van der Waals surface area contributed by atoms with Crippen molar-refractivity contribution < 1.29 is 4.79 Å². The van der Waals surface area contributed by atoms with E-state index in [0.717, 1.165) is 25.3 Å². The van der Waals surface area contributed by atoms with E-state index in [1.165, 1.54) is 31.2 Å². The normalized spacial score (nSPS) is 16.2. The highest BCUT2D eigenvalue weighted by atomic mass is 32.1. The van der Waals surface area contributed by atoms with Crippen molar-refractivity contribution in [3.8, 4) is 0 Å². The van der Waals surface area contributed by atoms with Crippen molar-refractivity contribution in [1.82, 2.24) is 5.32 Å². The molecule has 1 aliphatic rings. The van der Waals surface area contributed by atoms with E-state index >= 15 is 0 Å². The van der Waals surface area contributed by atoms with Crippen LogP contribution in [-0.2, 0) is 11.2 Å². The molecule has 0 radical (unpaired) electrons. The predicted molar refractivity (Wildman–Crippen MR) is 72.2 cm³/mol. The molecule has 94 valence electrons. The third-order valence-corrected chi connectivity index (χ3v) is 4.30. The van der Waals surface area contributed by atoms with Crippen molar-refractivity contribution in [3.05, 3.63) is 22.4 Å². The Morgan fingerprint density at radius 3 is 2.94 bits per heavy atom. The second-order valence-electron chi connectivity index (χ2n) is 4.92. The van der Waals surface area contributed by atoms with Gasteiger partial charge in [-0.1, -0.05) is 25.7 Å². The molecule has 2 rings (SSSR count). The summed E-state index contributed by atoms with van der Waals surface area (Å²) in [5, 5.41) is 7.23. The first-order valence-electron chi connectivity index (χ1n) is 6.62. The molecule has 1 N–H and O–H groups in total. The summed E-state index contributed by atoms with van der Waals surface area (Å²) in [7, 11) is 0. The Bertz CT molecular complexity index is 328. The largest absolute Gasteiger partial charge is 0.356 e. The van der Waals surface area contributed by atoms with Crippen molar-refractivity contribution in [3.63, 3.8) is 0 Å².